The minimum atomic E-state index is -1.62. The number of likely N-dealkylation sites (tertiary alicyclic amines) is 1. The van der Waals surface area contributed by atoms with Gasteiger partial charge >= 0.3 is 0 Å². The summed E-state index contributed by atoms with van der Waals surface area (Å²) in [7, 11) is 1.42. The predicted molar refractivity (Wildman–Crippen MR) is 262 cm³/mol. The number of aliphatic hydroxyl groups excluding tert-OH is 1. The predicted octanol–water partition coefficient (Wildman–Crippen LogP) is -2.40. The highest BCUT2D eigenvalue weighted by Gasteiger charge is 2.40. The molecule has 10 atom stereocenters. The Morgan fingerprint density at radius 2 is 1.21 bits per heavy atom. The zero-order chi connectivity index (χ0) is 53.4. The van der Waals surface area contributed by atoms with Gasteiger partial charge in [-0.05, 0) is 63.7 Å². The second-order valence-corrected chi connectivity index (χ2v) is 18.4. The Morgan fingerprint density at radius 1 is 0.686 bits per heavy atom. The van der Waals surface area contributed by atoms with Crippen molar-refractivity contribution >= 4 is 65.0 Å². The summed E-state index contributed by atoms with van der Waals surface area (Å²) in [5, 5.41) is 31.9. The van der Waals surface area contributed by atoms with Crippen molar-refractivity contribution in [3.63, 3.8) is 0 Å². The molecule has 0 aromatic carbocycles. The molecule has 1 heterocycles. The molecule has 0 aromatic heterocycles. The lowest BCUT2D eigenvalue weighted by Gasteiger charge is -2.32. The normalized spacial score (nSPS) is 17.1. The number of nitrogens with two attached hydrogens (primary N) is 2. The number of nitrogens with zero attached hydrogens (tertiary/aromatic N) is 3. The number of guanidine groups is 1. The molecule has 0 aliphatic carbocycles. The van der Waals surface area contributed by atoms with E-state index < -0.39 is 120 Å². The SMILES string of the molecule is CCC[C@H](NC(=O)[C@@H](NC(=O)[C@H](NC(=O)[C@@H](NC(=O)CNC(=O)CN(C)C(C)=O)C(C)C)[C@@H](C)CC)[C@H](C)O)C(=O)N[C@H](C(=O)N[C@@H](CCCN=C(N)N)C(=O)N1CCC[C@H]1C(=O)NCC)[C@@H](C)CC. The number of hydrogen-bond donors (Lipinski definition) is 11. The number of rotatable bonds is 30. The first-order valence-corrected chi connectivity index (χ1v) is 24.5. The molecule has 0 spiro atoms. The summed E-state index contributed by atoms with van der Waals surface area (Å²) in [6.07, 6.45) is 1.22. The lowest BCUT2D eigenvalue weighted by atomic mass is 9.95. The molecule has 24 nitrogen and oxygen atoms in total. The van der Waals surface area contributed by atoms with Crippen LogP contribution < -0.4 is 54.0 Å². The summed E-state index contributed by atoms with van der Waals surface area (Å²) in [4.78, 5) is 140. The van der Waals surface area contributed by atoms with Crippen LogP contribution in [0.1, 0.15) is 121 Å². The molecule has 24 heteroatoms. The van der Waals surface area contributed by atoms with Crippen LogP contribution in [0.4, 0.5) is 0 Å². The fourth-order valence-electron chi connectivity index (χ4n) is 7.51. The van der Waals surface area contributed by atoms with Gasteiger partial charge in [0.25, 0.3) is 0 Å². The van der Waals surface area contributed by atoms with E-state index in [2.05, 4.69) is 47.5 Å². The van der Waals surface area contributed by atoms with Gasteiger partial charge in [-0.1, -0.05) is 67.7 Å². The summed E-state index contributed by atoms with van der Waals surface area (Å²) >= 11 is 0. The smallest absolute Gasteiger partial charge is 0.245 e. The lowest BCUT2D eigenvalue weighted by Crippen LogP contribution is -2.63. The molecule has 1 aliphatic heterocycles. The quantitative estimate of drug-likeness (QED) is 0.0203. The fraction of sp³-hybridized carbons (Fsp3) is 0.761. The molecular weight excluding hydrogens is 911 g/mol. The van der Waals surface area contributed by atoms with E-state index in [1.165, 1.54) is 25.8 Å². The Bertz CT molecular complexity index is 1830. The van der Waals surface area contributed by atoms with Gasteiger partial charge in [-0.3, -0.25) is 52.9 Å². The molecule has 70 heavy (non-hydrogen) atoms. The Kier molecular flexibility index (Phi) is 27.6. The van der Waals surface area contributed by atoms with Gasteiger partial charge in [-0.2, -0.15) is 0 Å². The van der Waals surface area contributed by atoms with Crippen molar-refractivity contribution < 1.29 is 53.1 Å². The Hall–Kier alpha value is -6.07. The molecule has 1 fully saturated rings. The third kappa shape index (κ3) is 20.5. The van der Waals surface area contributed by atoms with Gasteiger partial charge in [0, 0.05) is 33.6 Å². The molecule has 0 saturated carbocycles. The van der Waals surface area contributed by atoms with E-state index >= 15 is 0 Å². The summed E-state index contributed by atoms with van der Waals surface area (Å²) in [5.74, 6) is -7.96. The summed E-state index contributed by atoms with van der Waals surface area (Å²) in [6, 6.07) is -8.31. The number of likely N-dealkylation sites (N-methyl/N-ethyl adjacent to an activating group) is 2. The van der Waals surface area contributed by atoms with Crippen LogP contribution >= 0.6 is 0 Å². The molecule has 0 bridgehead atoms. The molecule has 0 aromatic rings. The van der Waals surface area contributed by atoms with Gasteiger partial charge in [0.2, 0.25) is 59.1 Å². The monoisotopic (exact) mass is 994 g/mol. The van der Waals surface area contributed by atoms with Crippen molar-refractivity contribution in [2.24, 2.45) is 34.2 Å². The number of carbonyl (C=O) groups is 10. The van der Waals surface area contributed by atoms with Crippen LogP contribution in [0.2, 0.25) is 0 Å². The molecule has 0 radical (unpaired) electrons. The molecule has 398 valence electrons. The van der Waals surface area contributed by atoms with Crippen molar-refractivity contribution in [1.82, 2.24) is 52.3 Å². The first-order chi connectivity index (χ1) is 32.8. The van der Waals surface area contributed by atoms with Crippen LogP contribution in [0, 0.1) is 17.8 Å². The van der Waals surface area contributed by atoms with Crippen LogP contribution in [0.3, 0.4) is 0 Å². The Balaban J connectivity index is 3.30. The standard InChI is InChI=1S/C46H83N13O11/c1-12-18-30(39(64)55-36(26(7)13-2)42(67)53-31(19-16-21-50-46(47)48)45(70)59-22-17-20-32(59)40(65)49-15-4)52-44(69)38(28(9)60)57-43(68)37(27(8)14-3)56-41(66)35(25(5)6)54-33(62)23-51-34(63)24-58(11)29(10)61/h25-28,30-32,35-38,60H,12-24H2,1-11H3,(H,49,65)(H,51,63)(H,52,69)(H,53,67)(H,54,62)(H,55,64)(H,56,66)(H,57,68)(H4,47,48,50)/t26-,27-,28-,30-,31-,32-,35-,36-,37+,38-/m0/s1. The number of aliphatic imine (C=N–C) groups is 1. The average Bonchev–Trinajstić information content (AvgIpc) is 3.80. The van der Waals surface area contributed by atoms with E-state index in [4.69, 9.17) is 11.5 Å². The molecule has 1 rings (SSSR count). The highest BCUT2D eigenvalue weighted by molar-refractivity contribution is 5.98. The summed E-state index contributed by atoms with van der Waals surface area (Å²) in [5.41, 5.74) is 11.0. The second-order valence-electron chi connectivity index (χ2n) is 18.4. The number of aliphatic hydroxyl groups is 1. The minimum absolute atomic E-state index is 0.0853. The van der Waals surface area contributed by atoms with E-state index in [-0.39, 0.29) is 43.7 Å². The fourth-order valence-corrected chi connectivity index (χ4v) is 7.51. The highest BCUT2D eigenvalue weighted by atomic mass is 16.3. The van der Waals surface area contributed by atoms with Crippen molar-refractivity contribution in [1.29, 1.82) is 0 Å². The molecule has 13 N–H and O–H groups in total. The number of amides is 10. The summed E-state index contributed by atoms with van der Waals surface area (Å²) < 4.78 is 0. The van der Waals surface area contributed by atoms with E-state index in [9.17, 15) is 53.1 Å². The van der Waals surface area contributed by atoms with E-state index in [1.807, 2.05) is 6.92 Å². The Labute approximate surface area is 412 Å². The Morgan fingerprint density at radius 3 is 1.73 bits per heavy atom. The zero-order valence-corrected chi connectivity index (χ0v) is 43.1. The zero-order valence-electron chi connectivity index (χ0n) is 43.1. The van der Waals surface area contributed by atoms with E-state index in [1.54, 1.807) is 48.5 Å². The highest BCUT2D eigenvalue weighted by Crippen LogP contribution is 2.21. The molecule has 1 aliphatic rings. The van der Waals surface area contributed by atoms with E-state index in [0.29, 0.717) is 51.6 Å². The molecular formula is C46H83N13O11. The van der Waals surface area contributed by atoms with Crippen LogP contribution in [0.15, 0.2) is 4.99 Å². The first-order valence-electron chi connectivity index (χ1n) is 24.5. The van der Waals surface area contributed by atoms with Crippen LogP contribution in [0.25, 0.3) is 0 Å². The van der Waals surface area contributed by atoms with Gasteiger partial charge in [-0.15, -0.1) is 0 Å². The number of carbonyl (C=O) groups excluding carboxylic acids is 10. The maximum atomic E-state index is 14.2. The lowest BCUT2D eigenvalue weighted by molar-refractivity contribution is -0.142. The van der Waals surface area contributed by atoms with Crippen molar-refractivity contribution in [3.05, 3.63) is 0 Å². The maximum absolute atomic E-state index is 14.2. The van der Waals surface area contributed by atoms with Gasteiger partial charge in [0.05, 0.1) is 19.2 Å². The van der Waals surface area contributed by atoms with Crippen LogP contribution in [-0.2, 0) is 47.9 Å². The van der Waals surface area contributed by atoms with Crippen molar-refractivity contribution in [2.45, 2.75) is 169 Å². The molecule has 0 unspecified atom stereocenters. The van der Waals surface area contributed by atoms with E-state index in [0.717, 1.165) is 4.90 Å². The maximum Gasteiger partial charge on any atom is 0.245 e. The van der Waals surface area contributed by atoms with Crippen molar-refractivity contribution in [2.75, 3.05) is 39.8 Å². The van der Waals surface area contributed by atoms with Crippen molar-refractivity contribution in [3.8, 4) is 0 Å². The molecule has 10 amide bonds. The topological polar surface area (TPSA) is 358 Å². The first kappa shape index (κ1) is 61.9. The molecule has 1 saturated heterocycles. The average molecular weight is 994 g/mol. The third-order valence-electron chi connectivity index (χ3n) is 12.2. The van der Waals surface area contributed by atoms with Crippen LogP contribution in [0.5, 0.6) is 0 Å². The largest absolute Gasteiger partial charge is 0.391 e. The van der Waals surface area contributed by atoms with Gasteiger partial charge in [-0.25, -0.2) is 0 Å². The number of hydrogen-bond acceptors (Lipinski definition) is 12. The second kappa shape index (κ2) is 31.2. The van der Waals surface area contributed by atoms with Gasteiger partial charge in [0.1, 0.15) is 42.3 Å². The van der Waals surface area contributed by atoms with Crippen LogP contribution in [-0.4, -0.2) is 168 Å². The number of nitrogens with one attached hydrogen (secondary N) is 8. The summed E-state index contributed by atoms with van der Waals surface area (Å²) in [6.45, 7) is 16.5. The van der Waals surface area contributed by atoms with Gasteiger partial charge in [0.15, 0.2) is 5.96 Å². The van der Waals surface area contributed by atoms with Gasteiger partial charge < -0.3 is 68.9 Å². The minimum Gasteiger partial charge on any atom is -0.391 e. The third-order valence-corrected chi connectivity index (χ3v) is 12.2.